The highest BCUT2D eigenvalue weighted by atomic mass is 35.5. The molecule has 0 radical (unpaired) electrons. The number of nitrogens with zero attached hydrogens (tertiary/aromatic N) is 3. The minimum Gasteiger partial charge on any atom is -0.349 e. The van der Waals surface area contributed by atoms with Gasteiger partial charge in [-0.25, -0.2) is 0 Å². The van der Waals surface area contributed by atoms with Crippen molar-refractivity contribution in [2.24, 2.45) is 0 Å². The minimum absolute atomic E-state index is 0.0863. The molecule has 1 aromatic carbocycles. The molecular formula is C16H20Cl2N4OS. The number of amides is 1. The van der Waals surface area contributed by atoms with Crippen molar-refractivity contribution >= 4 is 40.9 Å². The van der Waals surface area contributed by atoms with Crippen molar-refractivity contribution in [2.75, 3.05) is 0 Å². The van der Waals surface area contributed by atoms with Crippen LogP contribution in [0, 0.1) is 0 Å². The van der Waals surface area contributed by atoms with Crippen LogP contribution >= 0.6 is 35.0 Å². The maximum atomic E-state index is 12.5. The van der Waals surface area contributed by atoms with E-state index in [-0.39, 0.29) is 23.2 Å². The van der Waals surface area contributed by atoms with Gasteiger partial charge in [0, 0.05) is 16.1 Å². The molecule has 0 fully saturated rings. The molecule has 0 aliphatic carbocycles. The molecule has 8 heteroatoms. The van der Waals surface area contributed by atoms with Crippen LogP contribution in [0.4, 0.5) is 0 Å². The molecule has 5 nitrogen and oxygen atoms in total. The summed E-state index contributed by atoms with van der Waals surface area (Å²) < 4.78 is 1.94. The molecule has 0 spiro atoms. The van der Waals surface area contributed by atoms with E-state index in [1.165, 1.54) is 11.8 Å². The molecule has 0 saturated carbocycles. The second kappa shape index (κ2) is 8.23. The van der Waals surface area contributed by atoms with Crippen molar-refractivity contribution in [1.29, 1.82) is 0 Å². The zero-order chi connectivity index (χ0) is 17.9. The molecule has 1 aromatic heterocycles. The highest BCUT2D eigenvalue weighted by Gasteiger charge is 2.21. The molecule has 2 rings (SSSR count). The number of hydrogen-bond donors (Lipinski definition) is 1. The number of hydrogen-bond acceptors (Lipinski definition) is 4. The molecule has 1 N–H and O–H groups in total. The van der Waals surface area contributed by atoms with Crippen LogP contribution in [0.25, 0.3) is 0 Å². The molecular weight excluding hydrogens is 367 g/mol. The number of benzene rings is 1. The van der Waals surface area contributed by atoms with Crippen LogP contribution in [0.3, 0.4) is 0 Å². The summed E-state index contributed by atoms with van der Waals surface area (Å²) in [6.45, 7) is 7.82. The van der Waals surface area contributed by atoms with Gasteiger partial charge in [-0.3, -0.25) is 4.79 Å². The van der Waals surface area contributed by atoms with Gasteiger partial charge in [0.1, 0.15) is 6.33 Å². The molecule has 0 unspecified atom stereocenters. The number of rotatable bonds is 6. The Bertz CT molecular complexity index is 720. The first-order valence-corrected chi connectivity index (χ1v) is 9.24. The van der Waals surface area contributed by atoms with Crippen molar-refractivity contribution in [3.63, 3.8) is 0 Å². The van der Waals surface area contributed by atoms with Crippen LogP contribution in [-0.4, -0.2) is 25.9 Å². The lowest BCUT2D eigenvalue weighted by Crippen LogP contribution is -2.33. The van der Waals surface area contributed by atoms with Gasteiger partial charge >= 0.3 is 0 Å². The van der Waals surface area contributed by atoms with E-state index < -0.39 is 0 Å². The van der Waals surface area contributed by atoms with Crippen LogP contribution in [-0.2, 0) is 4.79 Å². The summed E-state index contributed by atoms with van der Waals surface area (Å²) in [4.78, 5) is 12.5. The van der Waals surface area contributed by atoms with Crippen molar-refractivity contribution in [1.82, 2.24) is 20.1 Å². The predicted molar refractivity (Wildman–Crippen MR) is 98.7 cm³/mol. The highest BCUT2D eigenvalue weighted by molar-refractivity contribution is 8.00. The molecule has 0 aliphatic heterocycles. The van der Waals surface area contributed by atoms with Crippen LogP contribution < -0.4 is 5.32 Å². The number of nitrogens with one attached hydrogen (secondary N) is 1. The Labute approximate surface area is 156 Å². The third kappa shape index (κ3) is 4.65. The molecule has 130 valence electrons. The van der Waals surface area contributed by atoms with Crippen LogP contribution in [0.5, 0.6) is 0 Å². The first-order chi connectivity index (χ1) is 11.3. The van der Waals surface area contributed by atoms with Gasteiger partial charge in [-0.05, 0) is 45.4 Å². The fourth-order valence-corrected chi connectivity index (χ4v) is 3.68. The Balaban J connectivity index is 2.01. The lowest BCUT2D eigenvalue weighted by atomic mass is 10.1. The molecule has 2 atom stereocenters. The van der Waals surface area contributed by atoms with Crippen molar-refractivity contribution in [3.8, 4) is 0 Å². The molecule has 0 saturated heterocycles. The van der Waals surface area contributed by atoms with Gasteiger partial charge in [0.2, 0.25) is 5.91 Å². The summed E-state index contributed by atoms with van der Waals surface area (Å²) in [5.74, 6) is -0.0863. The fourth-order valence-electron chi connectivity index (χ4n) is 2.14. The van der Waals surface area contributed by atoms with Crippen molar-refractivity contribution in [2.45, 2.75) is 50.2 Å². The first-order valence-electron chi connectivity index (χ1n) is 7.61. The second-order valence-electron chi connectivity index (χ2n) is 5.77. The first kappa shape index (κ1) is 19.1. The maximum Gasteiger partial charge on any atom is 0.233 e. The average molecular weight is 387 g/mol. The Kier molecular flexibility index (Phi) is 6.54. The van der Waals surface area contributed by atoms with E-state index in [1.807, 2.05) is 38.3 Å². The van der Waals surface area contributed by atoms with Gasteiger partial charge < -0.3 is 9.88 Å². The van der Waals surface area contributed by atoms with E-state index >= 15 is 0 Å². The van der Waals surface area contributed by atoms with E-state index in [0.29, 0.717) is 10.0 Å². The van der Waals surface area contributed by atoms with Gasteiger partial charge in [-0.15, -0.1) is 10.2 Å². The van der Waals surface area contributed by atoms with E-state index in [4.69, 9.17) is 23.2 Å². The largest absolute Gasteiger partial charge is 0.349 e. The minimum atomic E-state index is -0.305. The highest BCUT2D eigenvalue weighted by Crippen LogP contribution is 2.27. The van der Waals surface area contributed by atoms with Gasteiger partial charge in [-0.2, -0.15) is 0 Å². The number of halogens is 2. The van der Waals surface area contributed by atoms with Crippen LogP contribution in [0.2, 0.25) is 10.0 Å². The lowest BCUT2D eigenvalue weighted by Gasteiger charge is -2.19. The Morgan fingerprint density at radius 2 is 1.96 bits per heavy atom. The number of carbonyl (C=O) groups excluding carboxylic acids is 1. The summed E-state index contributed by atoms with van der Waals surface area (Å²) in [6, 6.07) is 5.28. The summed E-state index contributed by atoms with van der Waals surface area (Å²) in [5.41, 5.74) is 0.831. The Morgan fingerprint density at radius 1 is 1.25 bits per heavy atom. The average Bonchev–Trinajstić information content (AvgIpc) is 2.95. The molecule has 24 heavy (non-hydrogen) atoms. The van der Waals surface area contributed by atoms with Gasteiger partial charge in [0.25, 0.3) is 0 Å². The summed E-state index contributed by atoms with van der Waals surface area (Å²) in [7, 11) is 0. The third-order valence-corrected chi connectivity index (χ3v) is 5.17. The maximum absolute atomic E-state index is 12.5. The molecule has 1 amide bonds. The second-order valence-corrected chi connectivity index (χ2v) is 7.92. The van der Waals surface area contributed by atoms with E-state index in [0.717, 1.165) is 10.7 Å². The van der Waals surface area contributed by atoms with Crippen LogP contribution in [0.1, 0.15) is 45.3 Å². The standard InChI is InChI=1S/C16H20Cl2N4OS/c1-9(2)22-8-19-21-16(22)24-11(4)15(23)20-10(3)13-6-5-12(17)7-14(13)18/h5-11H,1-4H3,(H,20,23)/t10-,11+/m1/s1. The molecule has 0 aliphatic rings. The number of aromatic nitrogens is 3. The Morgan fingerprint density at radius 3 is 2.58 bits per heavy atom. The third-order valence-electron chi connectivity index (χ3n) is 3.54. The zero-order valence-electron chi connectivity index (χ0n) is 14.0. The van der Waals surface area contributed by atoms with Crippen molar-refractivity contribution in [3.05, 3.63) is 40.1 Å². The van der Waals surface area contributed by atoms with Gasteiger partial charge in [0.05, 0.1) is 11.3 Å². The smallest absolute Gasteiger partial charge is 0.233 e. The van der Waals surface area contributed by atoms with E-state index in [1.54, 1.807) is 18.5 Å². The SMILES string of the molecule is CC(C)n1cnnc1S[C@@H](C)C(=O)N[C@H](C)c1ccc(Cl)cc1Cl. The van der Waals surface area contributed by atoms with Crippen molar-refractivity contribution < 1.29 is 4.79 Å². The monoisotopic (exact) mass is 386 g/mol. The summed E-state index contributed by atoms with van der Waals surface area (Å²) in [5, 5.41) is 12.5. The fraction of sp³-hybridized carbons (Fsp3) is 0.438. The summed E-state index contributed by atoms with van der Waals surface area (Å²) >= 11 is 13.5. The molecule has 0 bridgehead atoms. The van der Waals surface area contributed by atoms with Gasteiger partial charge in [0.15, 0.2) is 5.16 Å². The normalized spacial score (nSPS) is 13.8. The number of thioether (sulfide) groups is 1. The Hall–Kier alpha value is -1.24. The predicted octanol–water partition coefficient (Wildman–Crippen LogP) is 4.52. The van der Waals surface area contributed by atoms with E-state index in [9.17, 15) is 4.79 Å². The number of carbonyl (C=O) groups is 1. The summed E-state index contributed by atoms with van der Waals surface area (Å²) in [6.07, 6.45) is 1.67. The van der Waals surface area contributed by atoms with Gasteiger partial charge in [-0.1, -0.05) is 41.0 Å². The molecule has 1 heterocycles. The topological polar surface area (TPSA) is 59.8 Å². The van der Waals surface area contributed by atoms with E-state index in [2.05, 4.69) is 15.5 Å². The molecule has 2 aromatic rings. The zero-order valence-corrected chi connectivity index (χ0v) is 16.3. The van der Waals surface area contributed by atoms with Crippen LogP contribution in [0.15, 0.2) is 29.7 Å². The lowest BCUT2D eigenvalue weighted by molar-refractivity contribution is -0.120. The quantitative estimate of drug-likeness (QED) is 0.741.